The summed E-state index contributed by atoms with van der Waals surface area (Å²) in [5.74, 6) is 0.331. The Hall–Kier alpha value is -1.43. The van der Waals surface area contributed by atoms with Gasteiger partial charge in [-0.25, -0.2) is 5.43 Å². The van der Waals surface area contributed by atoms with Gasteiger partial charge in [0.2, 0.25) is 5.91 Å². The van der Waals surface area contributed by atoms with Crippen LogP contribution in [0.2, 0.25) is 0 Å². The van der Waals surface area contributed by atoms with Crippen LogP contribution in [0.4, 0.5) is 0 Å². The number of nitrogens with one attached hydrogen (secondary N) is 2. The van der Waals surface area contributed by atoms with E-state index in [0.29, 0.717) is 24.5 Å². The Balaban J connectivity index is 1.86. The number of nitrogens with zero attached hydrogens (tertiary/aromatic N) is 2. The van der Waals surface area contributed by atoms with Crippen LogP contribution in [0.3, 0.4) is 0 Å². The highest BCUT2D eigenvalue weighted by atomic mass is 16.2. The predicted octanol–water partition coefficient (Wildman–Crippen LogP) is -0.290. The lowest BCUT2D eigenvalue weighted by atomic mass is 9.99. The zero-order valence-corrected chi connectivity index (χ0v) is 10.7. The fourth-order valence-electron chi connectivity index (χ4n) is 2.40. The van der Waals surface area contributed by atoms with Crippen LogP contribution in [0.1, 0.15) is 25.7 Å². The average molecular weight is 252 g/mol. The lowest BCUT2D eigenvalue weighted by Crippen LogP contribution is -2.43. The number of carbonyl (C=O) groups is 2. The van der Waals surface area contributed by atoms with Crippen molar-refractivity contribution in [3.05, 3.63) is 0 Å². The number of amides is 2. The lowest BCUT2D eigenvalue weighted by molar-refractivity contribution is -0.124. The van der Waals surface area contributed by atoms with Crippen LogP contribution < -0.4 is 10.7 Å². The van der Waals surface area contributed by atoms with E-state index in [-0.39, 0.29) is 11.8 Å². The maximum absolute atomic E-state index is 12.1. The molecule has 100 valence electrons. The normalized spacial score (nSPS) is 24.2. The quantitative estimate of drug-likeness (QED) is 0.725. The van der Waals surface area contributed by atoms with Gasteiger partial charge >= 0.3 is 0 Å². The van der Waals surface area contributed by atoms with Crippen LogP contribution >= 0.6 is 0 Å². The first kappa shape index (κ1) is 13.0. The number of hydrazone groups is 1. The number of carbonyl (C=O) groups excluding carboxylic acids is 2. The summed E-state index contributed by atoms with van der Waals surface area (Å²) in [4.78, 5) is 24.8. The molecule has 0 aromatic heterocycles. The number of hydrogen-bond donors (Lipinski definition) is 2. The maximum Gasteiger partial charge on any atom is 0.269 e. The summed E-state index contributed by atoms with van der Waals surface area (Å²) in [6, 6.07) is 0. The lowest BCUT2D eigenvalue weighted by Gasteiger charge is -2.28. The topological polar surface area (TPSA) is 73.8 Å². The van der Waals surface area contributed by atoms with Gasteiger partial charge in [-0.1, -0.05) is 0 Å². The van der Waals surface area contributed by atoms with Gasteiger partial charge in [0.25, 0.3) is 5.91 Å². The fraction of sp³-hybridized carbons (Fsp3) is 0.750. The van der Waals surface area contributed by atoms with Crippen LogP contribution in [0.25, 0.3) is 0 Å². The molecule has 2 aliphatic heterocycles. The molecule has 1 atom stereocenters. The molecule has 1 unspecified atom stereocenters. The largest absolute Gasteiger partial charge is 0.340 e. The third-order valence-electron chi connectivity index (χ3n) is 3.43. The van der Waals surface area contributed by atoms with Crippen molar-refractivity contribution in [1.29, 1.82) is 0 Å². The monoisotopic (exact) mass is 252 g/mol. The Morgan fingerprint density at radius 2 is 2.33 bits per heavy atom. The average Bonchev–Trinajstić information content (AvgIpc) is 2.40. The van der Waals surface area contributed by atoms with Crippen LogP contribution in [-0.4, -0.2) is 49.1 Å². The molecule has 0 saturated carbocycles. The van der Waals surface area contributed by atoms with E-state index in [2.05, 4.69) is 15.8 Å². The maximum atomic E-state index is 12.1. The highest BCUT2D eigenvalue weighted by Gasteiger charge is 2.23. The van der Waals surface area contributed by atoms with E-state index in [0.717, 1.165) is 26.1 Å². The molecule has 0 aromatic carbocycles. The Kier molecular flexibility index (Phi) is 4.30. The number of piperidine rings is 1. The van der Waals surface area contributed by atoms with Gasteiger partial charge in [-0.2, -0.15) is 5.10 Å². The second kappa shape index (κ2) is 5.95. The third-order valence-corrected chi connectivity index (χ3v) is 3.43. The molecule has 6 nitrogen and oxygen atoms in total. The fourth-order valence-corrected chi connectivity index (χ4v) is 2.40. The van der Waals surface area contributed by atoms with Crippen LogP contribution in [0, 0.1) is 5.92 Å². The molecule has 2 aliphatic rings. The molecule has 0 aliphatic carbocycles. The van der Waals surface area contributed by atoms with Gasteiger partial charge in [-0.05, 0) is 31.8 Å². The Bertz CT molecular complexity index is 361. The minimum atomic E-state index is -0.120. The smallest absolute Gasteiger partial charge is 0.269 e. The summed E-state index contributed by atoms with van der Waals surface area (Å²) in [7, 11) is 1.80. The SMILES string of the molecule is CN(CC1CCCNC1)C(=O)C1=NNC(=O)CC1. The van der Waals surface area contributed by atoms with E-state index >= 15 is 0 Å². The highest BCUT2D eigenvalue weighted by Crippen LogP contribution is 2.12. The van der Waals surface area contributed by atoms with Crippen molar-refractivity contribution >= 4 is 17.5 Å². The molecule has 0 radical (unpaired) electrons. The van der Waals surface area contributed by atoms with Crippen molar-refractivity contribution < 1.29 is 9.59 Å². The van der Waals surface area contributed by atoms with E-state index in [4.69, 9.17) is 0 Å². The molecule has 2 N–H and O–H groups in total. The highest BCUT2D eigenvalue weighted by molar-refractivity contribution is 6.39. The van der Waals surface area contributed by atoms with Crippen molar-refractivity contribution in [3.63, 3.8) is 0 Å². The molecular formula is C12H20N4O2. The second-order valence-corrected chi connectivity index (χ2v) is 4.99. The first-order valence-electron chi connectivity index (χ1n) is 6.48. The molecule has 2 amide bonds. The first-order chi connectivity index (χ1) is 8.66. The standard InChI is InChI=1S/C12H20N4O2/c1-16(8-9-3-2-6-13-7-9)12(18)10-4-5-11(17)15-14-10/h9,13H,2-8H2,1H3,(H,15,17). The van der Waals surface area contributed by atoms with Gasteiger partial charge in [0, 0.05) is 26.4 Å². The Morgan fingerprint density at radius 3 is 2.94 bits per heavy atom. The summed E-state index contributed by atoms with van der Waals surface area (Å²) in [6.45, 7) is 2.80. The van der Waals surface area contributed by atoms with E-state index < -0.39 is 0 Å². The molecular weight excluding hydrogens is 232 g/mol. The van der Waals surface area contributed by atoms with E-state index in [1.54, 1.807) is 11.9 Å². The zero-order valence-electron chi connectivity index (χ0n) is 10.7. The van der Waals surface area contributed by atoms with Crippen molar-refractivity contribution in [2.24, 2.45) is 11.0 Å². The second-order valence-electron chi connectivity index (χ2n) is 4.99. The first-order valence-corrected chi connectivity index (χ1v) is 6.48. The van der Waals surface area contributed by atoms with Gasteiger partial charge in [0.1, 0.15) is 5.71 Å². The molecule has 0 spiro atoms. The summed E-state index contributed by atoms with van der Waals surface area (Å²) in [5.41, 5.74) is 2.82. The Labute approximate surface area is 107 Å². The van der Waals surface area contributed by atoms with Gasteiger partial charge in [-0.15, -0.1) is 0 Å². The summed E-state index contributed by atoms with van der Waals surface area (Å²) >= 11 is 0. The van der Waals surface area contributed by atoms with Crippen LogP contribution in [0.5, 0.6) is 0 Å². The van der Waals surface area contributed by atoms with Crippen molar-refractivity contribution in [2.75, 3.05) is 26.7 Å². The van der Waals surface area contributed by atoms with Gasteiger partial charge in [-0.3, -0.25) is 9.59 Å². The molecule has 2 rings (SSSR count). The molecule has 2 heterocycles. The van der Waals surface area contributed by atoms with E-state index in [1.807, 2.05) is 0 Å². The molecule has 6 heteroatoms. The number of hydrogen-bond acceptors (Lipinski definition) is 4. The summed E-state index contributed by atoms with van der Waals surface area (Å²) in [6.07, 6.45) is 3.12. The Morgan fingerprint density at radius 1 is 1.50 bits per heavy atom. The van der Waals surface area contributed by atoms with Gasteiger partial charge in [0.05, 0.1) is 0 Å². The van der Waals surface area contributed by atoms with Crippen LogP contribution in [-0.2, 0) is 9.59 Å². The summed E-state index contributed by atoms with van der Waals surface area (Å²) in [5, 5.41) is 7.17. The minimum Gasteiger partial charge on any atom is -0.340 e. The number of rotatable bonds is 3. The van der Waals surface area contributed by atoms with Gasteiger partial charge in [0.15, 0.2) is 0 Å². The zero-order chi connectivity index (χ0) is 13.0. The molecule has 0 aromatic rings. The molecule has 18 heavy (non-hydrogen) atoms. The third kappa shape index (κ3) is 3.29. The van der Waals surface area contributed by atoms with Crippen molar-refractivity contribution in [3.8, 4) is 0 Å². The van der Waals surface area contributed by atoms with Crippen molar-refractivity contribution in [1.82, 2.24) is 15.6 Å². The molecule has 0 bridgehead atoms. The minimum absolute atomic E-state index is 0.0689. The summed E-state index contributed by atoms with van der Waals surface area (Å²) < 4.78 is 0. The van der Waals surface area contributed by atoms with Crippen LogP contribution in [0.15, 0.2) is 5.10 Å². The predicted molar refractivity (Wildman–Crippen MR) is 68.0 cm³/mol. The van der Waals surface area contributed by atoms with E-state index in [1.165, 1.54) is 6.42 Å². The molecule has 1 fully saturated rings. The van der Waals surface area contributed by atoms with E-state index in [9.17, 15) is 9.59 Å². The van der Waals surface area contributed by atoms with Gasteiger partial charge < -0.3 is 10.2 Å². The van der Waals surface area contributed by atoms with Crippen molar-refractivity contribution in [2.45, 2.75) is 25.7 Å². The molecule has 1 saturated heterocycles.